The molecule has 0 bridgehead atoms. The summed E-state index contributed by atoms with van der Waals surface area (Å²) in [6.45, 7) is 4.33. The monoisotopic (exact) mass is 358 g/mol. The predicted octanol–water partition coefficient (Wildman–Crippen LogP) is 1.29. The summed E-state index contributed by atoms with van der Waals surface area (Å²) < 4.78 is 7.93. The number of morpholine rings is 1. The Bertz CT molecular complexity index is 745. The van der Waals surface area contributed by atoms with Crippen molar-refractivity contribution in [2.75, 3.05) is 38.7 Å². The van der Waals surface area contributed by atoms with E-state index >= 15 is 0 Å². The zero-order valence-corrected chi connectivity index (χ0v) is 15.6. The van der Waals surface area contributed by atoms with Crippen molar-refractivity contribution in [2.45, 2.75) is 32.4 Å². The van der Waals surface area contributed by atoms with Crippen LogP contribution in [0, 0.1) is 0 Å². The van der Waals surface area contributed by atoms with Crippen molar-refractivity contribution in [1.82, 2.24) is 24.4 Å². The van der Waals surface area contributed by atoms with E-state index in [2.05, 4.69) is 21.9 Å². The van der Waals surface area contributed by atoms with E-state index in [0.717, 1.165) is 23.8 Å². The third-order valence-electron chi connectivity index (χ3n) is 4.54. The number of rotatable bonds is 6. The van der Waals surface area contributed by atoms with Crippen molar-refractivity contribution < 1.29 is 9.53 Å². The molecule has 1 unspecified atom stereocenters. The molecule has 0 saturated carbocycles. The molecule has 1 aliphatic heterocycles. The van der Waals surface area contributed by atoms with E-state index in [4.69, 9.17) is 4.74 Å². The highest BCUT2D eigenvalue weighted by Gasteiger charge is 2.28. The highest BCUT2D eigenvalue weighted by atomic mass is 16.5. The van der Waals surface area contributed by atoms with Crippen molar-refractivity contribution in [3.63, 3.8) is 0 Å². The molecular weight excluding hydrogens is 332 g/mol. The van der Waals surface area contributed by atoms with Gasteiger partial charge in [0.05, 0.1) is 13.2 Å². The van der Waals surface area contributed by atoms with E-state index in [9.17, 15) is 4.79 Å². The second-order valence-corrected chi connectivity index (χ2v) is 6.50. The van der Waals surface area contributed by atoms with Gasteiger partial charge in [-0.05, 0) is 0 Å². The van der Waals surface area contributed by atoms with Gasteiger partial charge in [0.25, 0.3) is 0 Å². The predicted molar refractivity (Wildman–Crippen MR) is 97.9 cm³/mol. The van der Waals surface area contributed by atoms with Crippen molar-refractivity contribution in [1.29, 1.82) is 0 Å². The fourth-order valence-electron chi connectivity index (χ4n) is 3.19. The van der Waals surface area contributed by atoms with Gasteiger partial charge in [0, 0.05) is 64.8 Å². The van der Waals surface area contributed by atoms with Crippen LogP contribution in [0.2, 0.25) is 0 Å². The number of ether oxygens (including phenoxy) is 1. The molecule has 1 fully saturated rings. The first-order valence-corrected chi connectivity index (χ1v) is 8.97. The van der Waals surface area contributed by atoms with E-state index in [1.165, 1.54) is 0 Å². The second-order valence-electron chi connectivity index (χ2n) is 6.50. The maximum absolute atomic E-state index is 12.7. The number of amides is 1. The largest absolute Gasteiger partial charge is 0.368 e. The normalized spacial score (nSPS) is 17.3. The SMILES string of the molecule is CCc1nccn1CCC(=O)N1CCOC(c2nccnc2N(C)C)C1. The Balaban J connectivity index is 1.64. The molecule has 1 saturated heterocycles. The smallest absolute Gasteiger partial charge is 0.224 e. The summed E-state index contributed by atoms with van der Waals surface area (Å²) in [5, 5.41) is 0. The van der Waals surface area contributed by atoms with Crippen LogP contribution in [0.15, 0.2) is 24.8 Å². The molecule has 0 spiro atoms. The molecule has 1 amide bonds. The summed E-state index contributed by atoms with van der Waals surface area (Å²) in [4.78, 5) is 29.6. The topological polar surface area (TPSA) is 76.4 Å². The number of nitrogens with zero attached hydrogens (tertiary/aromatic N) is 6. The van der Waals surface area contributed by atoms with Gasteiger partial charge in [-0.3, -0.25) is 9.78 Å². The van der Waals surface area contributed by atoms with Crippen LogP contribution in [-0.2, 0) is 22.5 Å². The number of anilines is 1. The fourth-order valence-corrected chi connectivity index (χ4v) is 3.19. The average molecular weight is 358 g/mol. The quantitative estimate of drug-likeness (QED) is 0.775. The van der Waals surface area contributed by atoms with Crippen molar-refractivity contribution in [3.05, 3.63) is 36.3 Å². The molecule has 0 N–H and O–H groups in total. The van der Waals surface area contributed by atoms with E-state index in [-0.39, 0.29) is 12.0 Å². The minimum Gasteiger partial charge on any atom is -0.368 e. The van der Waals surface area contributed by atoms with E-state index in [1.807, 2.05) is 34.7 Å². The van der Waals surface area contributed by atoms with Crippen LogP contribution in [0.5, 0.6) is 0 Å². The second kappa shape index (κ2) is 8.27. The van der Waals surface area contributed by atoms with Crippen LogP contribution in [-0.4, -0.2) is 64.1 Å². The van der Waals surface area contributed by atoms with Gasteiger partial charge in [0.1, 0.15) is 17.6 Å². The lowest BCUT2D eigenvalue weighted by Crippen LogP contribution is -2.43. The van der Waals surface area contributed by atoms with Gasteiger partial charge < -0.3 is 19.1 Å². The van der Waals surface area contributed by atoms with Crippen molar-refractivity contribution >= 4 is 11.7 Å². The Kier molecular flexibility index (Phi) is 5.82. The van der Waals surface area contributed by atoms with Crippen LogP contribution >= 0.6 is 0 Å². The molecular formula is C18H26N6O2. The number of aryl methyl sites for hydroxylation is 2. The van der Waals surface area contributed by atoms with E-state index in [1.54, 1.807) is 18.6 Å². The highest BCUT2D eigenvalue weighted by Crippen LogP contribution is 2.26. The number of carbonyl (C=O) groups excluding carboxylic acids is 1. The molecule has 3 heterocycles. The first-order valence-electron chi connectivity index (χ1n) is 8.97. The summed E-state index contributed by atoms with van der Waals surface area (Å²) in [7, 11) is 3.85. The number of imidazole rings is 1. The molecule has 1 atom stereocenters. The Morgan fingerprint density at radius 2 is 2.08 bits per heavy atom. The minimum absolute atomic E-state index is 0.129. The summed E-state index contributed by atoms with van der Waals surface area (Å²) in [5.41, 5.74) is 0.776. The molecule has 2 aromatic heterocycles. The number of hydrogen-bond donors (Lipinski definition) is 0. The fraction of sp³-hybridized carbons (Fsp3) is 0.556. The molecule has 0 radical (unpaired) electrons. The summed E-state index contributed by atoms with van der Waals surface area (Å²) in [6, 6.07) is 0. The number of hydrogen-bond acceptors (Lipinski definition) is 6. The van der Waals surface area contributed by atoms with Crippen molar-refractivity contribution in [3.8, 4) is 0 Å². The highest BCUT2D eigenvalue weighted by molar-refractivity contribution is 5.76. The zero-order valence-electron chi connectivity index (χ0n) is 15.6. The lowest BCUT2D eigenvalue weighted by Gasteiger charge is -2.33. The molecule has 26 heavy (non-hydrogen) atoms. The Morgan fingerprint density at radius 3 is 2.85 bits per heavy atom. The zero-order chi connectivity index (χ0) is 18.5. The van der Waals surface area contributed by atoms with Crippen LogP contribution in [0.1, 0.15) is 31.0 Å². The standard InChI is InChI=1S/C18H26N6O2/c1-4-15-19-8-10-23(15)9-5-16(25)24-11-12-26-14(13-24)17-18(22(2)3)21-7-6-20-17/h6-8,10,14H,4-5,9,11-13H2,1-3H3. The van der Waals surface area contributed by atoms with Crippen LogP contribution < -0.4 is 4.90 Å². The van der Waals surface area contributed by atoms with Crippen LogP contribution in [0.3, 0.4) is 0 Å². The van der Waals surface area contributed by atoms with E-state index < -0.39 is 0 Å². The third-order valence-corrected chi connectivity index (χ3v) is 4.54. The van der Waals surface area contributed by atoms with Gasteiger partial charge in [-0.25, -0.2) is 9.97 Å². The molecule has 8 nitrogen and oxygen atoms in total. The first-order chi connectivity index (χ1) is 12.6. The number of carbonyl (C=O) groups is 1. The van der Waals surface area contributed by atoms with Gasteiger partial charge in [-0.1, -0.05) is 6.92 Å². The molecule has 2 aromatic rings. The molecule has 3 rings (SSSR count). The maximum atomic E-state index is 12.7. The molecule has 0 aromatic carbocycles. The van der Waals surface area contributed by atoms with Gasteiger partial charge in [-0.15, -0.1) is 0 Å². The Morgan fingerprint density at radius 1 is 1.27 bits per heavy atom. The summed E-state index contributed by atoms with van der Waals surface area (Å²) in [6.07, 6.45) is 8.11. The average Bonchev–Trinajstić information content (AvgIpc) is 3.13. The van der Waals surface area contributed by atoms with Crippen LogP contribution in [0.25, 0.3) is 0 Å². The molecule has 0 aliphatic carbocycles. The van der Waals surface area contributed by atoms with Gasteiger partial charge in [0.2, 0.25) is 5.91 Å². The summed E-state index contributed by atoms with van der Waals surface area (Å²) in [5.74, 6) is 1.91. The van der Waals surface area contributed by atoms with Gasteiger partial charge >= 0.3 is 0 Å². The van der Waals surface area contributed by atoms with Crippen molar-refractivity contribution in [2.24, 2.45) is 0 Å². The lowest BCUT2D eigenvalue weighted by atomic mass is 10.1. The molecule has 1 aliphatic rings. The summed E-state index contributed by atoms with van der Waals surface area (Å²) >= 11 is 0. The van der Waals surface area contributed by atoms with Gasteiger partial charge in [-0.2, -0.15) is 0 Å². The molecule has 140 valence electrons. The van der Waals surface area contributed by atoms with Gasteiger partial charge in [0.15, 0.2) is 5.82 Å². The Labute approximate surface area is 153 Å². The Hall–Kier alpha value is -2.48. The lowest BCUT2D eigenvalue weighted by molar-refractivity contribution is -0.139. The third kappa shape index (κ3) is 4.01. The number of aromatic nitrogens is 4. The first kappa shape index (κ1) is 18.3. The maximum Gasteiger partial charge on any atom is 0.224 e. The van der Waals surface area contributed by atoms with Crippen LogP contribution in [0.4, 0.5) is 5.82 Å². The molecule has 8 heteroatoms. The minimum atomic E-state index is -0.252. The van der Waals surface area contributed by atoms with E-state index in [0.29, 0.717) is 32.7 Å².